The summed E-state index contributed by atoms with van der Waals surface area (Å²) >= 11 is 6.00. The molecule has 1 N–H and O–H groups in total. The molecule has 0 bridgehead atoms. The van der Waals surface area contributed by atoms with Crippen molar-refractivity contribution in [1.82, 2.24) is 4.90 Å². The van der Waals surface area contributed by atoms with Crippen molar-refractivity contribution in [1.29, 1.82) is 0 Å². The summed E-state index contributed by atoms with van der Waals surface area (Å²) in [6, 6.07) is 6.88. The third-order valence-electron chi connectivity index (χ3n) is 3.73. The van der Waals surface area contributed by atoms with Crippen LogP contribution in [-0.2, 0) is 4.74 Å². The molecule has 1 aromatic carbocycles. The molecule has 122 valence electrons. The lowest BCUT2D eigenvalue weighted by atomic mass is 9.93. The molecule has 5 heteroatoms. The molecule has 0 spiro atoms. The van der Waals surface area contributed by atoms with Gasteiger partial charge in [-0.2, -0.15) is 0 Å². The van der Waals surface area contributed by atoms with E-state index >= 15 is 0 Å². The van der Waals surface area contributed by atoms with Crippen LogP contribution < -0.4 is 0 Å². The maximum absolute atomic E-state index is 12.4. The van der Waals surface area contributed by atoms with Gasteiger partial charge in [-0.1, -0.05) is 23.7 Å². The number of piperidine rings is 1. The molecule has 1 fully saturated rings. The number of carbonyl (C=O) groups excluding carboxylic acids is 1. The molecule has 0 aromatic heterocycles. The number of amides is 1. The lowest BCUT2D eigenvalue weighted by Gasteiger charge is -2.39. The Morgan fingerprint density at radius 2 is 2.14 bits per heavy atom. The molecule has 0 unspecified atom stereocenters. The molecule has 1 aliphatic heterocycles. The first-order valence-corrected chi connectivity index (χ1v) is 8.09. The third kappa shape index (κ3) is 4.37. The Morgan fingerprint density at radius 1 is 1.41 bits per heavy atom. The van der Waals surface area contributed by atoms with Crippen LogP contribution in [0.3, 0.4) is 0 Å². The monoisotopic (exact) mass is 325 g/mol. The van der Waals surface area contributed by atoms with Gasteiger partial charge < -0.3 is 14.7 Å². The second kappa shape index (κ2) is 6.88. The SMILES string of the molecule is CC(C)(C)OC(=O)N1CCCC[C@@H]1[C@H](O)c1cccc(Cl)c1. The number of likely N-dealkylation sites (tertiary alicyclic amines) is 1. The molecule has 4 nitrogen and oxygen atoms in total. The lowest BCUT2D eigenvalue weighted by Crippen LogP contribution is -2.48. The van der Waals surface area contributed by atoms with Gasteiger partial charge in [-0.05, 0) is 57.7 Å². The Labute approximate surface area is 137 Å². The van der Waals surface area contributed by atoms with Crippen molar-refractivity contribution in [2.75, 3.05) is 6.54 Å². The molecule has 1 aromatic rings. The molecule has 0 aliphatic carbocycles. The number of hydrogen-bond donors (Lipinski definition) is 1. The minimum absolute atomic E-state index is 0.276. The molecule has 22 heavy (non-hydrogen) atoms. The van der Waals surface area contributed by atoms with E-state index in [1.807, 2.05) is 32.9 Å². The molecule has 1 saturated heterocycles. The summed E-state index contributed by atoms with van der Waals surface area (Å²) in [7, 11) is 0. The normalized spacial score (nSPS) is 20.6. The third-order valence-corrected chi connectivity index (χ3v) is 3.97. The molecule has 1 aliphatic rings. The highest BCUT2D eigenvalue weighted by atomic mass is 35.5. The molecule has 1 amide bonds. The Balaban J connectivity index is 2.17. The number of benzene rings is 1. The topological polar surface area (TPSA) is 49.8 Å². The predicted molar refractivity (Wildman–Crippen MR) is 87.0 cm³/mol. The van der Waals surface area contributed by atoms with E-state index in [0.29, 0.717) is 11.6 Å². The van der Waals surface area contributed by atoms with Crippen molar-refractivity contribution < 1.29 is 14.6 Å². The van der Waals surface area contributed by atoms with Gasteiger partial charge in [0.15, 0.2) is 0 Å². The number of halogens is 1. The first kappa shape index (κ1) is 17.1. The van der Waals surface area contributed by atoms with Gasteiger partial charge in [-0.3, -0.25) is 0 Å². The zero-order chi connectivity index (χ0) is 16.3. The van der Waals surface area contributed by atoms with Gasteiger partial charge in [-0.15, -0.1) is 0 Å². The zero-order valence-corrected chi connectivity index (χ0v) is 14.1. The average Bonchev–Trinajstić information content (AvgIpc) is 2.44. The van der Waals surface area contributed by atoms with E-state index in [1.54, 1.807) is 17.0 Å². The molecule has 2 atom stereocenters. The van der Waals surface area contributed by atoms with E-state index in [0.717, 1.165) is 24.8 Å². The highest BCUT2D eigenvalue weighted by Crippen LogP contribution is 2.30. The van der Waals surface area contributed by atoms with E-state index in [4.69, 9.17) is 16.3 Å². The van der Waals surface area contributed by atoms with Crippen molar-refractivity contribution in [2.45, 2.75) is 57.8 Å². The Morgan fingerprint density at radius 3 is 2.77 bits per heavy atom. The largest absolute Gasteiger partial charge is 0.444 e. The second-order valence-electron chi connectivity index (χ2n) is 6.74. The lowest BCUT2D eigenvalue weighted by molar-refractivity contribution is -0.0169. The summed E-state index contributed by atoms with van der Waals surface area (Å²) in [5.41, 5.74) is 0.188. The van der Waals surface area contributed by atoms with Gasteiger partial charge in [0.1, 0.15) is 5.60 Å². The number of hydrogen-bond acceptors (Lipinski definition) is 3. The van der Waals surface area contributed by atoms with E-state index in [9.17, 15) is 9.90 Å². The van der Waals surface area contributed by atoms with Crippen LogP contribution in [0.2, 0.25) is 5.02 Å². The van der Waals surface area contributed by atoms with Gasteiger partial charge >= 0.3 is 6.09 Å². The van der Waals surface area contributed by atoms with Crippen LogP contribution in [-0.4, -0.2) is 34.3 Å². The van der Waals surface area contributed by atoms with Gasteiger partial charge in [0.25, 0.3) is 0 Å². The van der Waals surface area contributed by atoms with Crippen molar-refractivity contribution in [3.63, 3.8) is 0 Å². The summed E-state index contributed by atoms with van der Waals surface area (Å²) in [6.45, 7) is 6.14. The predicted octanol–water partition coefficient (Wildman–Crippen LogP) is 4.16. The second-order valence-corrected chi connectivity index (χ2v) is 7.17. The number of aliphatic hydroxyl groups is 1. The Kier molecular flexibility index (Phi) is 5.35. The molecule has 0 saturated carbocycles. The standard InChI is InChI=1S/C17H24ClNO3/c1-17(2,3)22-16(21)19-10-5-4-9-14(19)15(20)12-7-6-8-13(18)11-12/h6-8,11,14-15,20H,4-5,9-10H2,1-3H3/t14-,15-/m1/s1. The summed E-state index contributed by atoms with van der Waals surface area (Å²) in [5.74, 6) is 0. The fourth-order valence-electron chi connectivity index (χ4n) is 2.75. The van der Waals surface area contributed by atoms with Crippen molar-refractivity contribution in [3.8, 4) is 0 Å². The van der Waals surface area contributed by atoms with Gasteiger partial charge in [0.05, 0.1) is 12.1 Å². The smallest absolute Gasteiger partial charge is 0.410 e. The maximum Gasteiger partial charge on any atom is 0.410 e. The highest BCUT2D eigenvalue weighted by Gasteiger charge is 2.35. The first-order chi connectivity index (χ1) is 10.3. The highest BCUT2D eigenvalue weighted by molar-refractivity contribution is 6.30. The van der Waals surface area contributed by atoms with Crippen LogP contribution in [0.5, 0.6) is 0 Å². The molecular formula is C17H24ClNO3. The number of carbonyl (C=O) groups is 1. The van der Waals surface area contributed by atoms with Crippen molar-refractivity contribution in [3.05, 3.63) is 34.9 Å². The zero-order valence-electron chi connectivity index (χ0n) is 13.4. The van der Waals surface area contributed by atoms with Crippen LogP contribution in [0.25, 0.3) is 0 Å². The molecular weight excluding hydrogens is 302 g/mol. The van der Waals surface area contributed by atoms with Gasteiger partial charge in [0, 0.05) is 11.6 Å². The molecule has 0 radical (unpaired) electrons. The maximum atomic E-state index is 12.4. The van der Waals surface area contributed by atoms with Crippen LogP contribution in [0.15, 0.2) is 24.3 Å². The van der Waals surface area contributed by atoms with Crippen LogP contribution in [0, 0.1) is 0 Å². The van der Waals surface area contributed by atoms with Crippen molar-refractivity contribution in [2.24, 2.45) is 0 Å². The van der Waals surface area contributed by atoms with E-state index in [1.165, 1.54) is 0 Å². The summed E-state index contributed by atoms with van der Waals surface area (Å²) in [6.07, 6.45) is 1.55. The Hall–Kier alpha value is -1.26. The van der Waals surface area contributed by atoms with Gasteiger partial charge in [-0.25, -0.2) is 4.79 Å². The van der Waals surface area contributed by atoms with Gasteiger partial charge in [0.2, 0.25) is 0 Å². The number of aliphatic hydroxyl groups excluding tert-OH is 1. The first-order valence-electron chi connectivity index (χ1n) is 7.71. The summed E-state index contributed by atoms with van der Waals surface area (Å²) < 4.78 is 5.47. The average molecular weight is 326 g/mol. The van der Waals surface area contributed by atoms with Crippen molar-refractivity contribution >= 4 is 17.7 Å². The fourth-order valence-corrected chi connectivity index (χ4v) is 2.94. The summed E-state index contributed by atoms with van der Waals surface area (Å²) in [5, 5.41) is 11.3. The molecule has 2 rings (SSSR count). The summed E-state index contributed by atoms with van der Waals surface area (Å²) in [4.78, 5) is 14.0. The van der Waals surface area contributed by atoms with Crippen LogP contribution >= 0.6 is 11.6 Å². The quantitative estimate of drug-likeness (QED) is 0.888. The Bertz CT molecular complexity index is 527. The number of rotatable bonds is 2. The van der Waals surface area contributed by atoms with Crippen LogP contribution in [0.4, 0.5) is 4.79 Å². The number of ether oxygens (including phenoxy) is 1. The number of nitrogens with zero attached hydrogens (tertiary/aromatic N) is 1. The van der Waals surface area contributed by atoms with E-state index in [-0.39, 0.29) is 12.1 Å². The van der Waals surface area contributed by atoms with Crippen LogP contribution in [0.1, 0.15) is 51.7 Å². The minimum atomic E-state index is -0.758. The fraction of sp³-hybridized carbons (Fsp3) is 0.588. The molecule has 1 heterocycles. The van der Waals surface area contributed by atoms with E-state index < -0.39 is 11.7 Å². The minimum Gasteiger partial charge on any atom is -0.444 e. The van der Waals surface area contributed by atoms with E-state index in [2.05, 4.69) is 0 Å².